The lowest BCUT2D eigenvalue weighted by atomic mass is 10.1. The SMILES string of the molecule is COc1ccc(CCC(=O)N2CCCN(Cc3nnnn3-c3ccccc3)CC2)cc1. The first-order chi connectivity index (χ1) is 15.2. The number of para-hydroxylation sites is 1. The molecule has 1 amide bonds. The number of ether oxygens (including phenoxy) is 1. The van der Waals surface area contributed by atoms with E-state index in [4.69, 9.17) is 4.74 Å². The summed E-state index contributed by atoms with van der Waals surface area (Å²) >= 11 is 0. The first kappa shape index (κ1) is 21.0. The van der Waals surface area contributed by atoms with Gasteiger partial charge in [-0.25, -0.2) is 0 Å². The second-order valence-electron chi connectivity index (χ2n) is 7.70. The molecule has 8 nitrogen and oxygen atoms in total. The highest BCUT2D eigenvalue weighted by atomic mass is 16.5. The molecule has 1 fully saturated rings. The molecule has 0 N–H and O–H groups in total. The van der Waals surface area contributed by atoms with Gasteiger partial charge in [-0.15, -0.1) is 5.10 Å². The summed E-state index contributed by atoms with van der Waals surface area (Å²) < 4.78 is 6.97. The summed E-state index contributed by atoms with van der Waals surface area (Å²) in [5, 5.41) is 12.2. The van der Waals surface area contributed by atoms with Crippen LogP contribution in [0.3, 0.4) is 0 Å². The van der Waals surface area contributed by atoms with Crippen molar-refractivity contribution >= 4 is 5.91 Å². The Kier molecular flexibility index (Phi) is 6.89. The number of rotatable bonds is 7. The van der Waals surface area contributed by atoms with E-state index in [1.807, 2.05) is 59.5 Å². The van der Waals surface area contributed by atoms with Gasteiger partial charge in [0.2, 0.25) is 5.91 Å². The summed E-state index contributed by atoms with van der Waals surface area (Å²) in [6.45, 7) is 3.92. The van der Waals surface area contributed by atoms with E-state index in [0.717, 1.165) is 61.8 Å². The molecule has 0 aliphatic carbocycles. The monoisotopic (exact) mass is 420 g/mol. The van der Waals surface area contributed by atoms with Crippen molar-refractivity contribution in [1.29, 1.82) is 0 Å². The molecule has 3 aromatic rings. The molecule has 8 heteroatoms. The third kappa shape index (κ3) is 5.46. The van der Waals surface area contributed by atoms with Gasteiger partial charge in [0.1, 0.15) is 5.75 Å². The summed E-state index contributed by atoms with van der Waals surface area (Å²) in [7, 11) is 1.66. The van der Waals surface area contributed by atoms with Gasteiger partial charge in [-0.1, -0.05) is 30.3 Å². The lowest BCUT2D eigenvalue weighted by Gasteiger charge is -2.22. The molecular weight excluding hydrogens is 392 g/mol. The lowest BCUT2D eigenvalue weighted by molar-refractivity contribution is -0.131. The van der Waals surface area contributed by atoms with Crippen molar-refractivity contribution in [2.24, 2.45) is 0 Å². The third-order valence-electron chi connectivity index (χ3n) is 5.63. The molecule has 2 aromatic carbocycles. The molecule has 0 spiro atoms. The second-order valence-corrected chi connectivity index (χ2v) is 7.70. The van der Waals surface area contributed by atoms with E-state index in [9.17, 15) is 4.79 Å². The lowest BCUT2D eigenvalue weighted by Crippen LogP contribution is -2.35. The van der Waals surface area contributed by atoms with Gasteiger partial charge in [0.05, 0.1) is 19.3 Å². The standard InChI is InChI=1S/C23H28N6O2/c1-31-21-11-8-19(9-12-21)10-13-23(30)28-15-5-14-27(16-17-28)18-22-24-25-26-29(22)20-6-3-2-4-7-20/h2-4,6-9,11-12H,5,10,13-18H2,1H3. The first-order valence-corrected chi connectivity index (χ1v) is 10.7. The Bertz CT molecular complexity index is 973. The molecule has 0 unspecified atom stereocenters. The van der Waals surface area contributed by atoms with Gasteiger partial charge >= 0.3 is 0 Å². The van der Waals surface area contributed by atoms with Crippen molar-refractivity contribution in [3.05, 3.63) is 66.0 Å². The number of benzene rings is 2. The van der Waals surface area contributed by atoms with Gasteiger partial charge in [-0.05, 0) is 53.1 Å². The number of hydrogen-bond donors (Lipinski definition) is 0. The number of hydrogen-bond acceptors (Lipinski definition) is 6. The highest BCUT2D eigenvalue weighted by Gasteiger charge is 2.21. The number of methoxy groups -OCH3 is 1. The molecular formula is C23H28N6O2. The molecule has 0 radical (unpaired) electrons. The van der Waals surface area contributed by atoms with Crippen LogP contribution in [0.4, 0.5) is 0 Å². The van der Waals surface area contributed by atoms with E-state index in [-0.39, 0.29) is 5.91 Å². The summed E-state index contributed by atoms with van der Waals surface area (Å²) in [5.41, 5.74) is 2.10. The number of amides is 1. The van der Waals surface area contributed by atoms with Crippen LogP contribution in [0.25, 0.3) is 5.69 Å². The highest BCUT2D eigenvalue weighted by Crippen LogP contribution is 2.15. The first-order valence-electron chi connectivity index (χ1n) is 10.7. The van der Waals surface area contributed by atoms with Crippen LogP contribution in [0.5, 0.6) is 5.75 Å². The number of aromatic nitrogens is 4. The number of carbonyl (C=O) groups is 1. The van der Waals surface area contributed by atoms with Crippen molar-refractivity contribution in [2.75, 3.05) is 33.3 Å². The van der Waals surface area contributed by atoms with Crippen LogP contribution in [0.2, 0.25) is 0 Å². The minimum absolute atomic E-state index is 0.215. The van der Waals surface area contributed by atoms with Crippen molar-refractivity contribution in [2.45, 2.75) is 25.8 Å². The molecule has 0 saturated carbocycles. The summed E-state index contributed by atoms with van der Waals surface area (Å²) in [6, 6.07) is 17.8. The van der Waals surface area contributed by atoms with E-state index in [0.29, 0.717) is 13.0 Å². The normalized spacial score (nSPS) is 14.9. The Balaban J connectivity index is 1.29. The molecule has 1 aromatic heterocycles. The van der Waals surface area contributed by atoms with Gasteiger partial charge in [0, 0.05) is 32.6 Å². The van der Waals surface area contributed by atoms with Crippen molar-refractivity contribution in [3.63, 3.8) is 0 Å². The molecule has 1 aliphatic rings. The van der Waals surface area contributed by atoms with Crippen molar-refractivity contribution in [1.82, 2.24) is 30.0 Å². The Labute approximate surface area is 182 Å². The maximum Gasteiger partial charge on any atom is 0.222 e. The maximum atomic E-state index is 12.8. The van der Waals surface area contributed by atoms with Crippen molar-refractivity contribution < 1.29 is 9.53 Å². The topological polar surface area (TPSA) is 76.4 Å². The van der Waals surface area contributed by atoms with Gasteiger partial charge in [-0.3, -0.25) is 9.69 Å². The molecule has 162 valence electrons. The minimum Gasteiger partial charge on any atom is -0.497 e. The van der Waals surface area contributed by atoms with Crippen LogP contribution in [0, 0.1) is 0 Å². The zero-order valence-corrected chi connectivity index (χ0v) is 17.9. The smallest absolute Gasteiger partial charge is 0.222 e. The van der Waals surface area contributed by atoms with Gasteiger partial charge in [-0.2, -0.15) is 4.68 Å². The molecule has 1 aliphatic heterocycles. The molecule has 0 atom stereocenters. The number of tetrazole rings is 1. The largest absolute Gasteiger partial charge is 0.497 e. The molecule has 0 bridgehead atoms. The molecule has 1 saturated heterocycles. The average Bonchev–Trinajstić information content (AvgIpc) is 3.15. The fraction of sp³-hybridized carbons (Fsp3) is 0.391. The minimum atomic E-state index is 0.215. The Morgan fingerprint density at radius 1 is 1.00 bits per heavy atom. The van der Waals surface area contributed by atoms with Crippen LogP contribution in [-0.2, 0) is 17.8 Å². The molecule has 2 heterocycles. The average molecular weight is 421 g/mol. The Morgan fingerprint density at radius 2 is 1.81 bits per heavy atom. The third-order valence-corrected chi connectivity index (χ3v) is 5.63. The van der Waals surface area contributed by atoms with Gasteiger partial charge in [0.15, 0.2) is 5.82 Å². The van der Waals surface area contributed by atoms with E-state index in [2.05, 4.69) is 20.4 Å². The van der Waals surface area contributed by atoms with Crippen molar-refractivity contribution in [3.8, 4) is 11.4 Å². The Morgan fingerprint density at radius 3 is 2.58 bits per heavy atom. The zero-order chi connectivity index (χ0) is 21.5. The quantitative estimate of drug-likeness (QED) is 0.584. The van der Waals surface area contributed by atoms with Gasteiger partial charge in [0.25, 0.3) is 0 Å². The fourth-order valence-corrected chi connectivity index (χ4v) is 3.85. The predicted octanol–water partition coefficient (Wildman–Crippen LogP) is 2.34. The van der Waals surface area contributed by atoms with Crippen LogP contribution >= 0.6 is 0 Å². The van der Waals surface area contributed by atoms with Crippen LogP contribution in [0.15, 0.2) is 54.6 Å². The van der Waals surface area contributed by atoms with E-state index in [1.54, 1.807) is 11.8 Å². The van der Waals surface area contributed by atoms with Crippen LogP contribution in [-0.4, -0.2) is 69.2 Å². The number of carbonyl (C=O) groups excluding carboxylic acids is 1. The predicted molar refractivity (Wildman–Crippen MR) is 117 cm³/mol. The fourth-order valence-electron chi connectivity index (χ4n) is 3.85. The number of nitrogens with zero attached hydrogens (tertiary/aromatic N) is 6. The number of aryl methyl sites for hydroxylation is 1. The summed E-state index contributed by atoms with van der Waals surface area (Å²) in [4.78, 5) is 17.1. The zero-order valence-electron chi connectivity index (χ0n) is 17.9. The van der Waals surface area contributed by atoms with E-state index in [1.165, 1.54) is 0 Å². The van der Waals surface area contributed by atoms with Crippen LogP contribution < -0.4 is 4.74 Å². The van der Waals surface area contributed by atoms with Crippen LogP contribution in [0.1, 0.15) is 24.2 Å². The summed E-state index contributed by atoms with van der Waals surface area (Å²) in [6.07, 6.45) is 2.22. The summed E-state index contributed by atoms with van der Waals surface area (Å²) in [5.74, 6) is 1.86. The van der Waals surface area contributed by atoms with E-state index >= 15 is 0 Å². The van der Waals surface area contributed by atoms with E-state index < -0.39 is 0 Å². The maximum absolute atomic E-state index is 12.8. The Hall–Kier alpha value is -3.26. The van der Waals surface area contributed by atoms with Gasteiger partial charge < -0.3 is 9.64 Å². The molecule has 4 rings (SSSR count). The molecule has 31 heavy (non-hydrogen) atoms. The highest BCUT2D eigenvalue weighted by molar-refractivity contribution is 5.76. The second kappa shape index (κ2) is 10.2.